The van der Waals surface area contributed by atoms with Crippen LogP contribution in [0.1, 0.15) is 24.0 Å². The molecule has 0 spiro atoms. The number of benzene rings is 2. The summed E-state index contributed by atoms with van der Waals surface area (Å²) in [5.74, 6) is 1.30. The number of nitrogens with one attached hydrogen (secondary N) is 1. The van der Waals surface area contributed by atoms with Gasteiger partial charge < -0.3 is 30.5 Å². The summed E-state index contributed by atoms with van der Waals surface area (Å²) in [6.07, 6.45) is 1.04. The van der Waals surface area contributed by atoms with Crippen LogP contribution in [0.5, 0.6) is 11.5 Å². The molecule has 1 aliphatic heterocycles. The van der Waals surface area contributed by atoms with E-state index in [4.69, 9.17) is 15.2 Å². The number of hydrogen-bond acceptors (Lipinski definition) is 5. The van der Waals surface area contributed by atoms with Crippen LogP contribution in [0.2, 0.25) is 0 Å². The maximum atomic E-state index is 14.5. The Morgan fingerprint density at radius 2 is 1.83 bits per heavy atom. The van der Waals surface area contributed by atoms with Gasteiger partial charge in [0.15, 0.2) is 17.5 Å². The van der Waals surface area contributed by atoms with Crippen LogP contribution in [0.4, 0.5) is 10.1 Å². The first-order valence-corrected chi connectivity index (χ1v) is 9.96. The molecule has 1 aliphatic rings. The van der Waals surface area contributed by atoms with Gasteiger partial charge in [-0.1, -0.05) is 12.1 Å². The predicted octanol–water partition coefficient (Wildman–Crippen LogP) is 2.41. The van der Waals surface area contributed by atoms with E-state index in [1.807, 2.05) is 29.2 Å². The fourth-order valence-corrected chi connectivity index (χ4v) is 3.43. The number of anilines is 1. The highest BCUT2D eigenvalue weighted by Gasteiger charge is 2.19. The smallest absolute Gasteiger partial charge is 0.189 e. The minimum Gasteiger partial charge on any atom is -0.493 e. The highest BCUT2D eigenvalue weighted by molar-refractivity contribution is 5.77. The Morgan fingerprint density at radius 3 is 2.50 bits per heavy atom. The highest BCUT2D eigenvalue weighted by Crippen LogP contribution is 2.27. The van der Waals surface area contributed by atoms with Gasteiger partial charge in [-0.05, 0) is 48.2 Å². The van der Waals surface area contributed by atoms with Gasteiger partial charge in [-0.3, -0.25) is 0 Å². The molecule has 1 heterocycles. The molecule has 2 aromatic rings. The summed E-state index contributed by atoms with van der Waals surface area (Å²) in [6, 6.07) is 10.7. The number of methoxy groups -OCH3 is 2. The van der Waals surface area contributed by atoms with E-state index in [-0.39, 0.29) is 24.4 Å². The number of nitrogens with two attached hydrogens (primary N) is 1. The SMILES string of the molecule is COc1ccc(CNC(N)=NCc2ccc(N3CCC(O)CC3)c(F)c2)cc1OC. The molecule has 0 aromatic heterocycles. The lowest BCUT2D eigenvalue weighted by molar-refractivity contribution is 0.145. The number of aliphatic hydroxyl groups excluding tert-OH is 1. The molecule has 0 atom stereocenters. The quantitative estimate of drug-likeness (QED) is 0.474. The minimum absolute atomic E-state index is 0.277. The molecule has 1 fully saturated rings. The molecule has 4 N–H and O–H groups in total. The zero-order chi connectivity index (χ0) is 21.5. The topological polar surface area (TPSA) is 92.3 Å². The van der Waals surface area contributed by atoms with Crippen molar-refractivity contribution < 1.29 is 19.0 Å². The fraction of sp³-hybridized carbons (Fsp3) is 0.409. The van der Waals surface area contributed by atoms with Crippen molar-refractivity contribution in [3.8, 4) is 11.5 Å². The van der Waals surface area contributed by atoms with E-state index < -0.39 is 0 Å². The number of aliphatic hydroxyl groups is 1. The second kappa shape index (κ2) is 10.2. The maximum Gasteiger partial charge on any atom is 0.189 e. The third-order valence-corrected chi connectivity index (χ3v) is 5.17. The summed E-state index contributed by atoms with van der Waals surface area (Å²) in [5, 5.41) is 12.7. The van der Waals surface area contributed by atoms with Crippen LogP contribution in [-0.2, 0) is 13.1 Å². The van der Waals surface area contributed by atoms with Crippen molar-refractivity contribution in [1.29, 1.82) is 0 Å². The van der Waals surface area contributed by atoms with Crippen molar-refractivity contribution in [2.45, 2.75) is 32.0 Å². The average molecular weight is 416 g/mol. The zero-order valence-electron chi connectivity index (χ0n) is 17.4. The Kier molecular flexibility index (Phi) is 7.35. The van der Waals surface area contributed by atoms with E-state index in [9.17, 15) is 9.50 Å². The third-order valence-electron chi connectivity index (χ3n) is 5.17. The van der Waals surface area contributed by atoms with Crippen molar-refractivity contribution in [2.75, 3.05) is 32.2 Å². The Labute approximate surface area is 176 Å². The summed E-state index contributed by atoms with van der Waals surface area (Å²) in [5.41, 5.74) is 8.22. The van der Waals surface area contributed by atoms with Crippen LogP contribution in [0, 0.1) is 5.82 Å². The summed E-state index contributed by atoms with van der Waals surface area (Å²) in [6.45, 7) is 2.07. The van der Waals surface area contributed by atoms with Gasteiger partial charge in [0.05, 0.1) is 32.6 Å². The number of rotatable bonds is 7. The molecule has 30 heavy (non-hydrogen) atoms. The van der Waals surface area contributed by atoms with Crippen molar-refractivity contribution >= 4 is 11.6 Å². The van der Waals surface area contributed by atoms with Crippen LogP contribution in [0.15, 0.2) is 41.4 Å². The molecule has 8 heteroatoms. The van der Waals surface area contributed by atoms with Crippen LogP contribution in [0.25, 0.3) is 0 Å². The van der Waals surface area contributed by atoms with E-state index in [1.165, 1.54) is 6.07 Å². The second-order valence-electron chi connectivity index (χ2n) is 7.25. The summed E-state index contributed by atoms with van der Waals surface area (Å²) in [7, 11) is 3.18. The second-order valence-corrected chi connectivity index (χ2v) is 7.25. The van der Waals surface area contributed by atoms with Gasteiger partial charge in [-0.25, -0.2) is 9.38 Å². The number of hydrogen-bond donors (Lipinski definition) is 3. The van der Waals surface area contributed by atoms with Gasteiger partial charge in [0.2, 0.25) is 0 Å². The number of aliphatic imine (C=N–C) groups is 1. The monoisotopic (exact) mass is 416 g/mol. The number of piperidine rings is 1. The lowest BCUT2D eigenvalue weighted by Crippen LogP contribution is -2.36. The van der Waals surface area contributed by atoms with Gasteiger partial charge in [-0.15, -0.1) is 0 Å². The summed E-state index contributed by atoms with van der Waals surface area (Å²) in [4.78, 5) is 6.26. The van der Waals surface area contributed by atoms with Crippen LogP contribution < -0.4 is 25.4 Å². The first kappa shape index (κ1) is 21.7. The van der Waals surface area contributed by atoms with Gasteiger partial charge >= 0.3 is 0 Å². The molecular formula is C22H29FN4O3. The van der Waals surface area contributed by atoms with Crippen molar-refractivity contribution in [2.24, 2.45) is 10.7 Å². The summed E-state index contributed by atoms with van der Waals surface area (Å²) >= 11 is 0. The number of guanidine groups is 1. The molecule has 3 rings (SSSR count). The standard InChI is InChI=1S/C22H29FN4O3/c1-29-20-6-4-16(12-21(20)30-2)14-26-22(24)25-13-15-3-5-19(18(23)11-15)27-9-7-17(28)8-10-27/h3-6,11-12,17,28H,7-10,13-14H2,1-2H3,(H3,24,25,26). The molecule has 2 aromatic carbocycles. The lowest BCUT2D eigenvalue weighted by Gasteiger charge is -2.31. The number of ether oxygens (including phenoxy) is 2. The molecule has 162 valence electrons. The molecule has 0 bridgehead atoms. The Balaban J connectivity index is 1.55. The van der Waals surface area contributed by atoms with E-state index in [0.29, 0.717) is 49.7 Å². The van der Waals surface area contributed by atoms with E-state index >= 15 is 0 Å². The number of nitrogens with zero attached hydrogens (tertiary/aromatic N) is 2. The fourth-order valence-electron chi connectivity index (χ4n) is 3.43. The molecule has 0 amide bonds. The van der Waals surface area contributed by atoms with Crippen LogP contribution >= 0.6 is 0 Å². The van der Waals surface area contributed by atoms with Crippen molar-refractivity contribution in [1.82, 2.24) is 5.32 Å². The van der Waals surface area contributed by atoms with E-state index in [2.05, 4.69) is 10.3 Å². The molecule has 0 unspecified atom stereocenters. The molecule has 0 saturated carbocycles. The Morgan fingerprint density at radius 1 is 1.13 bits per heavy atom. The van der Waals surface area contributed by atoms with Gasteiger partial charge in [0.25, 0.3) is 0 Å². The Hall–Kier alpha value is -3.00. The minimum atomic E-state index is -0.285. The van der Waals surface area contributed by atoms with Gasteiger partial charge in [0, 0.05) is 19.6 Å². The third kappa shape index (κ3) is 5.54. The molecular weight excluding hydrogens is 387 g/mol. The van der Waals surface area contributed by atoms with Crippen LogP contribution in [-0.4, -0.2) is 44.5 Å². The van der Waals surface area contributed by atoms with Crippen molar-refractivity contribution in [3.63, 3.8) is 0 Å². The van der Waals surface area contributed by atoms with E-state index in [0.717, 1.165) is 11.1 Å². The first-order chi connectivity index (χ1) is 14.5. The lowest BCUT2D eigenvalue weighted by atomic mass is 10.1. The van der Waals surface area contributed by atoms with Gasteiger partial charge in [0.1, 0.15) is 5.82 Å². The molecule has 1 saturated heterocycles. The molecule has 7 nitrogen and oxygen atoms in total. The Bertz CT molecular complexity index is 883. The van der Waals surface area contributed by atoms with Gasteiger partial charge in [-0.2, -0.15) is 0 Å². The molecule has 0 aliphatic carbocycles. The molecule has 0 radical (unpaired) electrons. The normalized spacial score (nSPS) is 15.2. The first-order valence-electron chi connectivity index (χ1n) is 9.96. The average Bonchev–Trinajstić information content (AvgIpc) is 2.76. The van der Waals surface area contributed by atoms with E-state index in [1.54, 1.807) is 20.3 Å². The van der Waals surface area contributed by atoms with Crippen LogP contribution in [0.3, 0.4) is 0 Å². The number of halogens is 1. The predicted molar refractivity (Wildman–Crippen MR) is 116 cm³/mol. The largest absolute Gasteiger partial charge is 0.493 e. The maximum absolute atomic E-state index is 14.5. The zero-order valence-corrected chi connectivity index (χ0v) is 17.4. The summed E-state index contributed by atoms with van der Waals surface area (Å²) < 4.78 is 25.1. The highest BCUT2D eigenvalue weighted by atomic mass is 19.1. The van der Waals surface area contributed by atoms with Crippen molar-refractivity contribution in [3.05, 3.63) is 53.3 Å².